The molecular formula is C17H17ClIN3S. The highest BCUT2D eigenvalue weighted by Crippen LogP contribution is 2.28. The van der Waals surface area contributed by atoms with E-state index >= 15 is 0 Å². The van der Waals surface area contributed by atoms with Gasteiger partial charge in [0.25, 0.3) is 0 Å². The second-order valence-corrected chi connectivity index (χ2v) is 7.88. The van der Waals surface area contributed by atoms with Gasteiger partial charge in [0.05, 0.1) is 6.54 Å². The van der Waals surface area contributed by atoms with Crippen molar-refractivity contribution in [1.29, 1.82) is 0 Å². The number of halogens is 2. The van der Waals surface area contributed by atoms with Crippen molar-refractivity contribution in [3.63, 3.8) is 0 Å². The lowest BCUT2D eigenvalue weighted by atomic mass is 10.2. The molecule has 120 valence electrons. The molecule has 0 saturated heterocycles. The molecule has 0 amide bonds. The van der Waals surface area contributed by atoms with Crippen LogP contribution < -0.4 is 0 Å². The maximum atomic E-state index is 6.35. The molecule has 23 heavy (non-hydrogen) atoms. The summed E-state index contributed by atoms with van der Waals surface area (Å²) in [7, 11) is 0. The van der Waals surface area contributed by atoms with Gasteiger partial charge >= 0.3 is 0 Å². The molecule has 0 aliphatic carbocycles. The Hall–Kier alpha value is -0.790. The van der Waals surface area contributed by atoms with Gasteiger partial charge in [-0.1, -0.05) is 70.2 Å². The summed E-state index contributed by atoms with van der Waals surface area (Å²) in [6.45, 7) is 2.45. The molecule has 0 fully saturated rings. The minimum atomic E-state index is 0.577. The van der Waals surface area contributed by atoms with Crippen LogP contribution in [-0.4, -0.2) is 31.3 Å². The topological polar surface area (TPSA) is 28.5 Å². The van der Waals surface area contributed by atoms with Gasteiger partial charge in [-0.25, -0.2) is 0 Å². The Morgan fingerprint density at radius 3 is 2.78 bits per heavy atom. The Morgan fingerprint density at radius 1 is 1.22 bits per heavy atom. The van der Waals surface area contributed by atoms with E-state index in [2.05, 4.69) is 44.6 Å². The molecule has 2 heterocycles. The van der Waals surface area contributed by atoms with E-state index in [0.29, 0.717) is 5.25 Å². The van der Waals surface area contributed by atoms with E-state index in [-0.39, 0.29) is 0 Å². The number of hydrogen-bond donors (Lipinski definition) is 0. The zero-order valence-electron chi connectivity index (χ0n) is 12.5. The lowest BCUT2D eigenvalue weighted by molar-refractivity contribution is 0.414. The highest BCUT2D eigenvalue weighted by molar-refractivity contribution is 14.1. The summed E-state index contributed by atoms with van der Waals surface area (Å²) >= 11 is 10.6. The number of amidine groups is 1. The van der Waals surface area contributed by atoms with Gasteiger partial charge in [0, 0.05) is 40.2 Å². The van der Waals surface area contributed by atoms with Crippen LogP contribution >= 0.6 is 46.0 Å². The standard InChI is InChI=1S/C17H17ClIN3S/c18-16-6-2-1-5-14(16)12-22(11-13-4-3-7-20-9-13)17-21-10-15(8-19)23-17/h1-7,9,15H,8,10-12H2/t15-/m0/s1. The molecule has 3 nitrogen and oxygen atoms in total. The van der Waals surface area contributed by atoms with Crippen LogP contribution in [0.4, 0.5) is 0 Å². The monoisotopic (exact) mass is 457 g/mol. The van der Waals surface area contributed by atoms with E-state index in [9.17, 15) is 0 Å². The van der Waals surface area contributed by atoms with E-state index in [0.717, 1.165) is 39.8 Å². The van der Waals surface area contributed by atoms with Crippen LogP contribution in [0.2, 0.25) is 5.02 Å². The fourth-order valence-corrected chi connectivity index (χ4v) is 4.34. The molecule has 0 spiro atoms. The maximum absolute atomic E-state index is 6.35. The third kappa shape index (κ3) is 4.61. The maximum Gasteiger partial charge on any atom is 0.160 e. The van der Waals surface area contributed by atoms with Gasteiger partial charge < -0.3 is 4.90 Å². The molecule has 0 saturated carbocycles. The van der Waals surface area contributed by atoms with Gasteiger partial charge in [0.15, 0.2) is 5.17 Å². The number of rotatable bonds is 5. The van der Waals surface area contributed by atoms with Crippen molar-refractivity contribution in [3.05, 3.63) is 64.9 Å². The first kappa shape index (κ1) is 17.0. The molecule has 2 aromatic rings. The van der Waals surface area contributed by atoms with Gasteiger partial charge in [-0.05, 0) is 23.3 Å². The average Bonchev–Trinajstić information content (AvgIpc) is 3.06. The lowest BCUT2D eigenvalue weighted by Crippen LogP contribution is -2.27. The predicted octanol–water partition coefficient (Wildman–Crippen LogP) is 4.64. The second kappa shape index (κ2) is 8.35. The molecule has 0 bridgehead atoms. The molecule has 0 radical (unpaired) electrons. The van der Waals surface area contributed by atoms with E-state index in [1.54, 1.807) is 6.20 Å². The van der Waals surface area contributed by atoms with Crippen molar-refractivity contribution < 1.29 is 0 Å². The fraction of sp³-hybridized carbons (Fsp3) is 0.294. The predicted molar refractivity (Wildman–Crippen MR) is 108 cm³/mol. The Morgan fingerprint density at radius 2 is 2.09 bits per heavy atom. The van der Waals surface area contributed by atoms with Crippen LogP contribution in [0.15, 0.2) is 53.8 Å². The van der Waals surface area contributed by atoms with Crippen molar-refractivity contribution >= 4 is 51.1 Å². The van der Waals surface area contributed by atoms with E-state index in [1.807, 2.05) is 42.2 Å². The molecule has 0 N–H and O–H groups in total. The van der Waals surface area contributed by atoms with Crippen molar-refractivity contribution in [2.75, 3.05) is 11.0 Å². The van der Waals surface area contributed by atoms with Crippen LogP contribution in [0.3, 0.4) is 0 Å². The summed E-state index contributed by atoms with van der Waals surface area (Å²) in [5.41, 5.74) is 2.31. The number of thioether (sulfide) groups is 1. The van der Waals surface area contributed by atoms with Crippen LogP contribution in [0.5, 0.6) is 0 Å². The summed E-state index contributed by atoms with van der Waals surface area (Å²) < 4.78 is 1.11. The first-order chi connectivity index (χ1) is 11.3. The largest absolute Gasteiger partial charge is 0.343 e. The number of aromatic nitrogens is 1. The zero-order valence-corrected chi connectivity index (χ0v) is 16.3. The van der Waals surface area contributed by atoms with E-state index in [1.165, 1.54) is 5.56 Å². The summed E-state index contributed by atoms with van der Waals surface area (Å²) in [4.78, 5) is 11.3. The number of hydrogen-bond acceptors (Lipinski definition) is 4. The minimum absolute atomic E-state index is 0.577. The summed E-state index contributed by atoms with van der Waals surface area (Å²) in [6.07, 6.45) is 3.71. The first-order valence-corrected chi connectivity index (χ1v) is 10.2. The van der Waals surface area contributed by atoms with Gasteiger partial charge in [0.1, 0.15) is 0 Å². The van der Waals surface area contributed by atoms with E-state index in [4.69, 9.17) is 16.6 Å². The third-order valence-corrected chi connectivity index (χ3v) is 6.84. The SMILES string of the molecule is Clc1ccccc1CN(Cc1cccnc1)C1=NC[C@H](CI)S1. The van der Waals surface area contributed by atoms with Crippen LogP contribution in [0.1, 0.15) is 11.1 Å². The number of aliphatic imine (C=N–C) groups is 1. The second-order valence-electron chi connectivity index (χ2n) is 5.33. The van der Waals surface area contributed by atoms with Crippen LogP contribution in [-0.2, 0) is 13.1 Å². The van der Waals surface area contributed by atoms with Crippen molar-refractivity contribution in [2.24, 2.45) is 4.99 Å². The molecular weight excluding hydrogens is 441 g/mol. The lowest BCUT2D eigenvalue weighted by Gasteiger charge is -2.25. The van der Waals surface area contributed by atoms with Crippen LogP contribution in [0.25, 0.3) is 0 Å². The Balaban J connectivity index is 1.80. The van der Waals surface area contributed by atoms with Crippen molar-refractivity contribution in [3.8, 4) is 0 Å². The molecule has 1 atom stereocenters. The molecule has 1 aromatic heterocycles. The average molecular weight is 458 g/mol. The van der Waals surface area contributed by atoms with Crippen molar-refractivity contribution in [1.82, 2.24) is 9.88 Å². The van der Waals surface area contributed by atoms with Gasteiger partial charge in [-0.2, -0.15) is 0 Å². The summed E-state index contributed by atoms with van der Waals surface area (Å²) in [5.74, 6) is 0. The molecule has 3 rings (SSSR count). The third-order valence-electron chi connectivity index (χ3n) is 3.56. The molecule has 6 heteroatoms. The number of alkyl halides is 1. The Bertz CT molecular complexity index is 681. The summed E-state index contributed by atoms with van der Waals surface area (Å²) in [5, 5.41) is 2.49. The number of pyridine rings is 1. The molecule has 1 aliphatic rings. The zero-order chi connectivity index (χ0) is 16.1. The quantitative estimate of drug-likeness (QED) is 0.484. The smallest absolute Gasteiger partial charge is 0.160 e. The van der Waals surface area contributed by atoms with Crippen LogP contribution in [0, 0.1) is 0 Å². The highest BCUT2D eigenvalue weighted by atomic mass is 127. The molecule has 1 aliphatic heterocycles. The van der Waals surface area contributed by atoms with Crippen molar-refractivity contribution in [2.45, 2.75) is 18.3 Å². The van der Waals surface area contributed by atoms with Gasteiger partial charge in [-0.15, -0.1) is 0 Å². The highest BCUT2D eigenvalue weighted by Gasteiger charge is 2.24. The normalized spacial score (nSPS) is 17.1. The fourth-order valence-electron chi connectivity index (χ4n) is 2.39. The Kier molecular flexibility index (Phi) is 6.19. The number of nitrogens with zero attached hydrogens (tertiary/aromatic N) is 3. The first-order valence-electron chi connectivity index (χ1n) is 7.40. The van der Waals surface area contributed by atoms with Gasteiger partial charge in [0.2, 0.25) is 0 Å². The molecule has 1 aromatic carbocycles. The number of benzene rings is 1. The summed E-state index contributed by atoms with van der Waals surface area (Å²) in [6, 6.07) is 12.1. The minimum Gasteiger partial charge on any atom is -0.343 e. The Labute approximate surface area is 159 Å². The van der Waals surface area contributed by atoms with E-state index < -0.39 is 0 Å². The van der Waals surface area contributed by atoms with Gasteiger partial charge in [-0.3, -0.25) is 9.98 Å². The molecule has 0 unspecified atom stereocenters.